The van der Waals surface area contributed by atoms with E-state index in [4.69, 9.17) is 0 Å². The van der Waals surface area contributed by atoms with E-state index in [2.05, 4.69) is 4.90 Å². The van der Waals surface area contributed by atoms with Gasteiger partial charge in [0.1, 0.15) is 5.69 Å². The molecule has 0 N–H and O–H groups in total. The Balaban J connectivity index is 1.38. The molecule has 1 saturated carbocycles. The maximum atomic E-state index is 13.5. The van der Waals surface area contributed by atoms with E-state index in [1.54, 1.807) is 4.68 Å². The van der Waals surface area contributed by atoms with Gasteiger partial charge in [-0.1, -0.05) is 18.2 Å². The first kappa shape index (κ1) is 23.4. The Hall–Kier alpha value is -3.39. The zero-order valence-electron chi connectivity index (χ0n) is 21.0. The number of aromatic nitrogens is 3. The van der Waals surface area contributed by atoms with Gasteiger partial charge in [-0.3, -0.25) is 24.0 Å². The van der Waals surface area contributed by atoms with E-state index in [-0.39, 0.29) is 23.2 Å². The highest BCUT2D eigenvalue weighted by atomic mass is 16.2. The molecule has 0 atom stereocenters. The summed E-state index contributed by atoms with van der Waals surface area (Å²) in [6, 6.07) is 11.5. The third-order valence-electron chi connectivity index (χ3n) is 7.46. The van der Waals surface area contributed by atoms with E-state index in [0.29, 0.717) is 44.0 Å². The molecule has 1 amide bonds. The Morgan fingerprint density at radius 3 is 2.23 bits per heavy atom. The number of para-hydroxylation sites is 1. The van der Waals surface area contributed by atoms with Crippen LogP contribution in [0.1, 0.15) is 40.3 Å². The van der Waals surface area contributed by atoms with Crippen LogP contribution in [0.25, 0.3) is 11.4 Å². The lowest BCUT2D eigenvalue weighted by Gasteiger charge is -2.34. The molecule has 2 aliphatic rings. The average molecular weight is 476 g/mol. The van der Waals surface area contributed by atoms with Gasteiger partial charge in [-0.2, -0.15) is 0 Å². The third-order valence-corrected chi connectivity index (χ3v) is 7.46. The van der Waals surface area contributed by atoms with Crippen LogP contribution < -0.4 is 5.56 Å². The topological polar surface area (TPSA) is 72.5 Å². The van der Waals surface area contributed by atoms with E-state index in [0.717, 1.165) is 35.6 Å². The zero-order chi connectivity index (χ0) is 24.9. The summed E-state index contributed by atoms with van der Waals surface area (Å²) in [5.74, 6) is 0.559. The fourth-order valence-electron chi connectivity index (χ4n) is 5.20. The monoisotopic (exact) mass is 475 g/mol. The van der Waals surface area contributed by atoms with E-state index < -0.39 is 0 Å². The second kappa shape index (κ2) is 9.00. The number of ketones is 1. The van der Waals surface area contributed by atoms with Crippen molar-refractivity contribution >= 4 is 11.7 Å². The number of carbonyl (C=O) groups is 2. The Morgan fingerprint density at radius 2 is 1.60 bits per heavy atom. The lowest BCUT2D eigenvalue weighted by molar-refractivity contribution is -0.134. The number of hydrogen-bond acceptors (Lipinski definition) is 4. The molecule has 0 radical (unpaired) electrons. The minimum Gasteiger partial charge on any atom is -0.340 e. The maximum absolute atomic E-state index is 13.5. The van der Waals surface area contributed by atoms with Crippen LogP contribution in [0.15, 0.2) is 41.2 Å². The highest BCUT2D eigenvalue weighted by Crippen LogP contribution is 2.31. The van der Waals surface area contributed by atoms with Crippen molar-refractivity contribution in [3.05, 3.63) is 69.4 Å². The number of nitrogens with zero attached hydrogens (tertiary/aromatic N) is 5. The molecule has 35 heavy (non-hydrogen) atoms. The summed E-state index contributed by atoms with van der Waals surface area (Å²) < 4.78 is 5.43. The summed E-state index contributed by atoms with van der Waals surface area (Å²) in [5, 5.41) is 0. The van der Waals surface area contributed by atoms with Gasteiger partial charge in [-0.25, -0.2) is 4.68 Å². The molecule has 8 heteroatoms. The first-order chi connectivity index (χ1) is 16.8. The number of carbonyl (C=O) groups excluding carboxylic acids is 2. The Bertz CT molecular complexity index is 1340. The second-order valence-electron chi connectivity index (χ2n) is 9.83. The molecule has 3 aromatic rings. The predicted molar refractivity (Wildman–Crippen MR) is 135 cm³/mol. The van der Waals surface area contributed by atoms with Crippen molar-refractivity contribution in [2.75, 3.05) is 32.7 Å². The highest BCUT2D eigenvalue weighted by Gasteiger charge is 2.35. The molecule has 0 bridgehead atoms. The van der Waals surface area contributed by atoms with Crippen molar-refractivity contribution in [2.45, 2.75) is 33.6 Å². The molecule has 1 aliphatic heterocycles. The summed E-state index contributed by atoms with van der Waals surface area (Å²) in [6.07, 6.45) is 2.04. The van der Waals surface area contributed by atoms with Crippen LogP contribution in [0.3, 0.4) is 0 Å². The third kappa shape index (κ3) is 4.16. The quantitative estimate of drug-likeness (QED) is 0.514. The van der Waals surface area contributed by atoms with Gasteiger partial charge < -0.3 is 9.47 Å². The zero-order valence-corrected chi connectivity index (χ0v) is 21.0. The maximum Gasteiger partial charge on any atom is 0.295 e. The molecule has 1 aromatic carbocycles. The first-order valence-electron chi connectivity index (χ1n) is 12.4. The van der Waals surface area contributed by atoms with Crippen LogP contribution >= 0.6 is 0 Å². The SMILES string of the molecule is Cc1cc(C(=O)CN2CCN(C(=O)C3CC3)CC2)c(C)n1-c1c(C)n(C)n(-c2ccccc2)c1=O. The largest absolute Gasteiger partial charge is 0.340 e. The van der Waals surface area contributed by atoms with E-state index >= 15 is 0 Å². The molecule has 2 aromatic heterocycles. The minimum atomic E-state index is -0.117. The smallest absolute Gasteiger partial charge is 0.295 e. The fraction of sp³-hybridized carbons (Fsp3) is 0.444. The van der Waals surface area contributed by atoms with Gasteiger partial charge in [0.25, 0.3) is 5.56 Å². The van der Waals surface area contributed by atoms with Gasteiger partial charge in [0, 0.05) is 56.1 Å². The van der Waals surface area contributed by atoms with Crippen molar-refractivity contribution < 1.29 is 9.59 Å². The predicted octanol–water partition coefficient (Wildman–Crippen LogP) is 2.63. The highest BCUT2D eigenvalue weighted by molar-refractivity contribution is 5.99. The van der Waals surface area contributed by atoms with Crippen molar-refractivity contribution in [2.24, 2.45) is 13.0 Å². The van der Waals surface area contributed by atoms with E-state index in [9.17, 15) is 14.4 Å². The molecule has 5 rings (SSSR count). The molecular weight excluding hydrogens is 442 g/mol. The standard InChI is InChI=1S/C27H33N5O3/c1-18-16-23(24(33)17-29-12-14-30(15-13-29)26(34)21-10-11-21)19(2)31(18)25-20(3)28(4)32(27(25)35)22-8-6-5-7-9-22/h5-9,16,21H,10-15,17H2,1-4H3. The van der Waals surface area contributed by atoms with Crippen LogP contribution in [-0.2, 0) is 11.8 Å². The molecule has 8 nitrogen and oxygen atoms in total. The van der Waals surface area contributed by atoms with Gasteiger partial charge in [-0.05, 0) is 51.8 Å². The summed E-state index contributed by atoms with van der Waals surface area (Å²) in [5.41, 5.74) is 4.36. The summed E-state index contributed by atoms with van der Waals surface area (Å²) in [7, 11) is 1.88. The first-order valence-corrected chi connectivity index (χ1v) is 12.4. The number of Topliss-reactive ketones (excluding diaryl/α,β-unsaturated/α-hetero) is 1. The molecule has 0 unspecified atom stereocenters. The van der Waals surface area contributed by atoms with Gasteiger partial charge in [0.05, 0.1) is 17.9 Å². The normalized spacial score (nSPS) is 16.6. The average Bonchev–Trinajstić information content (AvgIpc) is 3.63. The van der Waals surface area contributed by atoms with Gasteiger partial charge in [0.2, 0.25) is 5.91 Å². The number of piperazine rings is 1. The molecule has 1 saturated heterocycles. The van der Waals surface area contributed by atoms with Gasteiger partial charge in [0.15, 0.2) is 5.78 Å². The van der Waals surface area contributed by atoms with E-state index in [1.807, 2.05) is 78.4 Å². The summed E-state index contributed by atoms with van der Waals surface area (Å²) in [4.78, 5) is 43.2. The summed E-state index contributed by atoms with van der Waals surface area (Å²) >= 11 is 0. The van der Waals surface area contributed by atoms with Crippen LogP contribution in [0.4, 0.5) is 0 Å². The molecule has 3 heterocycles. The van der Waals surface area contributed by atoms with Crippen molar-refractivity contribution in [1.82, 2.24) is 23.7 Å². The lowest BCUT2D eigenvalue weighted by Crippen LogP contribution is -2.50. The second-order valence-corrected chi connectivity index (χ2v) is 9.83. The van der Waals surface area contributed by atoms with Crippen LogP contribution in [0, 0.1) is 26.7 Å². The number of aryl methyl sites for hydroxylation is 1. The summed E-state index contributed by atoms with van der Waals surface area (Å²) in [6.45, 7) is 8.88. The number of hydrogen-bond donors (Lipinski definition) is 0. The molecule has 184 valence electrons. The molecule has 0 spiro atoms. The lowest BCUT2D eigenvalue weighted by atomic mass is 10.1. The molecular formula is C27H33N5O3. The Morgan fingerprint density at radius 1 is 0.943 bits per heavy atom. The van der Waals surface area contributed by atoms with Gasteiger partial charge >= 0.3 is 0 Å². The molecule has 1 aliphatic carbocycles. The van der Waals surface area contributed by atoms with Crippen molar-refractivity contribution in [1.29, 1.82) is 0 Å². The van der Waals surface area contributed by atoms with E-state index in [1.165, 1.54) is 0 Å². The number of amides is 1. The number of rotatable bonds is 6. The number of benzene rings is 1. The van der Waals surface area contributed by atoms with Crippen LogP contribution in [-0.4, -0.2) is 68.1 Å². The van der Waals surface area contributed by atoms with Crippen LogP contribution in [0.2, 0.25) is 0 Å². The Kier molecular flexibility index (Phi) is 6.01. The molecule has 2 fully saturated rings. The minimum absolute atomic E-state index is 0.0447. The van der Waals surface area contributed by atoms with Crippen molar-refractivity contribution in [3.8, 4) is 11.4 Å². The Labute approximate surface area is 205 Å². The fourth-order valence-corrected chi connectivity index (χ4v) is 5.20. The van der Waals surface area contributed by atoms with Crippen molar-refractivity contribution in [3.63, 3.8) is 0 Å². The van der Waals surface area contributed by atoms with Crippen LogP contribution in [0.5, 0.6) is 0 Å². The van der Waals surface area contributed by atoms with Gasteiger partial charge in [-0.15, -0.1) is 0 Å².